The van der Waals surface area contributed by atoms with Gasteiger partial charge < -0.3 is 4.57 Å². The molecule has 4 aromatic heterocycles. The summed E-state index contributed by atoms with van der Waals surface area (Å²) >= 11 is 0. The zero-order valence-corrected chi connectivity index (χ0v) is 16.1. The lowest BCUT2D eigenvalue weighted by molar-refractivity contribution is 0.630. The first-order valence-electron chi connectivity index (χ1n) is 9.26. The Labute approximate surface area is 166 Å². The standard InChI is InChI=1S/C21H19N7O/c1-15-19(21(29)28(25(15)2)16-6-4-3-5-7-16)20-23-9-10-26(20)14-17-12-24-18-13-22-8-11-27(17)18/h3-13H,14H2,1-2H3. The van der Waals surface area contributed by atoms with Crippen LogP contribution in [0.2, 0.25) is 0 Å². The molecule has 8 nitrogen and oxygen atoms in total. The molecule has 5 rings (SSSR count). The molecular weight excluding hydrogens is 366 g/mol. The average Bonchev–Trinajstić information content (AvgIpc) is 3.42. The van der Waals surface area contributed by atoms with Crippen molar-refractivity contribution in [3.05, 3.63) is 89.3 Å². The second kappa shape index (κ2) is 6.59. The second-order valence-electron chi connectivity index (χ2n) is 6.87. The van der Waals surface area contributed by atoms with Gasteiger partial charge in [0.1, 0.15) is 11.4 Å². The molecule has 8 heteroatoms. The van der Waals surface area contributed by atoms with Crippen LogP contribution in [0.1, 0.15) is 11.4 Å². The third kappa shape index (κ3) is 2.68. The Morgan fingerprint density at radius 2 is 1.83 bits per heavy atom. The lowest BCUT2D eigenvalue weighted by Crippen LogP contribution is -2.20. The van der Waals surface area contributed by atoms with E-state index >= 15 is 0 Å². The topological polar surface area (TPSA) is 74.9 Å². The van der Waals surface area contributed by atoms with Gasteiger partial charge in [0, 0.05) is 37.5 Å². The van der Waals surface area contributed by atoms with E-state index in [2.05, 4.69) is 15.0 Å². The Balaban J connectivity index is 1.62. The van der Waals surface area contributed by atoms with Gasteiger partial charge in [0.2, 0.25) is 0 Å². The molecule has 29 heavy (non-hydrogen) atoms. The summed E-state index contributed by atoms with van der Waals surface area (Å²) in [5.74, 6) is 0.641. The number of hydrogen-bond donors (Lipinski definition) is 0. The summed E-state index contributed by atoms with van der Waals surface area (Å²) in [5.41, 5.74) is 3.95. The number of rotatable bonds is 4. The van der Waals surface area contributed by atoms with Crippen LogP contribution in [-0.4, -0.2) is 33.3 Å². The van der Waals surface area contributed by atoms with E-state index in [1.807, 2.05) is 76.5 Å². The van der Waals surface area contributed by atoms with Crippen LogP contribution in [0.4, 0.5) is 0 Å². The number of benzene rings is 1. The molecule has 0 aliphatic heterocycles. The molecule has 0 spiro atoms. The molecule has 0 radical (unpaired) electrons. The third-order valence-electron chi connectivity index (χ3n) is 5.22. The first-order chi connectivity index (χ1) is 14.1. The van der Waals surface area contributed by atoms with E-state index in [9.17, 15) is 4.79 Å². The normalized spacial score (nSPS) is 11.4. The molecule has 144 valence electrons. The maximum absolute atomic E-state index is 13.3. The Kier molecular flexibility index (Phi) is 3.90. The van der Waals surface area contributed by atoms with E-state index in [0.717, 1.165) is 22.7 Å². The van der Waals surface area contributed by atoms with Crippen molar-refractivity contribution >= 4 is 5.65 Å². The molecule has 5 aromatic rings. The Hall–Kier alpha value is -3.94. The molecule has 4 heterocycles. The van der Waals surface area contributed by atoms with Crippen LogP contribution >= 0.6 is 0 Å². The molecule has 0 unspecified atom stereocenters. The molecule has 0 amide bonds. The van der Waals surface area contributed by atoms with Crippen molar-refractivity contribution in [1.29, 1.82) is 0 Å². The fourth-order valence-electron chi connectivity index (χ4n) is 3.68. The Bertz CT molecular complexity index is 1370. The summed E-state index contributed by atoms with van der Waals surface area (Å²) in [6, 6.07) is 9.62. The predicted octanol–water partition coefficient (Wildman–Crippen LogP) is 2.44. The van der Waals surface area contributed by atoms with Gasteiger partial charge in [-0.3, -0.25) is 18.9 Å². The highest BCUT2D eigenvalue weighted by Crippen LogP contribution is 2.21. The first kappa shape index (κ1) is 17.2. The zero-order valence-electron chi connectivity index (χ0n) is 16.1. The molecule has 0 bridgehead atoms. The average molecular weight is 385 g/mol. The summed E-state index contributed by atoms with van der Waals surface area (Å²) in [4.78, 5) is 26.3. The van der Waals surface area contributed by atoms with Crippen LogP contribution in [0.3, 0.4) is 0 Å². The molecule has 0 atom stereocenters. The summed E-state index contributed by atoms with van der Waals surface area (Å²) in [5, 5.41) is 0. The van der Waals surface area contributed by atoms with Crippen LogP contribution in [0.15, 0.2) is 72.3 Å². The van der Waals surface area contributed by atoms with Crippen molar-refractivity contribution in [2.45, 2.75) is 13.5 Å². The van der Waals surface area contributed by atoms with Crippen LogP contribution in [0, 0.1) is 6.92 Å². The first-order valence-corrected chi connectivity index (χ1v) is 9.26. The van der Waals surface area contributed by atoms with E-state index < -0.39 is 0 Å². The third-order valence-corrected chi connectivity index (χ3v) is 5.22. The Morgan fingerprint density at radius 3 is 2.66 bits per heavy atom. The van der Waals surface area contributed by atoms with Gasteiger partial charge in [-0.25, -0.2) is 14.6 Å². The summed E-state index contributed by atoms with van der Waals surface area (Å²) < 4.78 is 7.50. The number of para-hydroxylation sites is 1. The number of hydrogen-bond acceptors (Lipinski definition) is 4. The van der Waals surface area contributed by atoms with Crippen LogP contribution in [0.25, 0.3) is 22.7 Å². The summed E-state index contributed by atoms with van der Waals surface area (Å²) in [6.07, 6.45) is 10.8. The predicted molar refractivity (Wildman–Crippen MR) is 109 cm³/mol. The summed E-state index contributed by atoms with van der Waals surface area (Å²) in [6.45, 7) is 2.48. The molecule has 0 aliphatic carbocycles. The van der Waals surface area contributed by atoms with E-state index in [4.69, 9.17) is 0 Å². The van der Waals surface area contributed by atoms with E-state index in [1.54, 1.807) is 23.3 Å². The van der Waals surface area contributed by atoms with Crippen LogP contribution in [-0.2, 0) is 13.6 Å². The molecule has 0 fully saturated rings. The smallest absolute Gasteiger partial charge is 0.282 e. The SMILES string of the molecule is Cc1c(-c2nccn2Cc2cnc3cnccn23)c(=O)n(-c2ccccc2)n1C. The maximum atomic E-state index is 13.3. The van der Waals surface area contributed by atoms with Crippen molar-refractivity contribution in [2.24, 2.45) is 7.05 Å². The quantitative estimate of drug-likeness (QED) is 0.476. The molecular formula is C21H19N7O. The van der Waals surface area contributed by atoms with Gasteiger partial charge in [0.25, 0.3) is 5.56 Å². The number of nitrogens with zero attached hydrogens (tertiary/aromatic N) is 7. The molecule has 1 aromatic carbocycles. The molecule has 0 saturated carbocycles. The fourth-order valence-corrected chi connectivity index (χ4v) is 3.68. The largest absolute Gasteiger partial charge is 0.325 e. The minimum atomic E-state index is -0.0917. The van der Waals surface area contributed by atoms with E-state index in [-0.39, 0.29) is 5.56 Å². The molecule has 0 saturated heterocycles. The van der Waals surface area contributed by atoms with Gasteiger partial charge in [-0.15, -0.1) is 0 Å². The maximum Gasteiger partial charge on any atom is 0.282 e. The van der Waals surface area contributed by atoms with Crippen molar-refractivity contribution in [2.75, 3.05) is 0 Å². The fraction of sp³-hybridized carbons (Fsp3) is 0.143. The van der Waals surface area contributed by atoms with Crippen molar-refractivity contribution in [3.8, 4) is 17.1 Å². The van der Waals surface area contributed by atoms with Crippen molar-refractivity contribution in [3.63, 3.8) is 0 Å². The number of aromatic nitrogens is 7. The minimum Gasteiger partial charge on any atom is -0.325 e. The van der Waals surface area contributed by atoms with Gasteiger partial charge in [0.15, 0.2) is 5.65 Å². The molecule has 0 N–H and O–H groups in total. The van der Waals surface area contributed by atoms with Gasteiger partial charge in [0.05, 0.1) is 30.3 Å². The van der Waals surface area contributed by atoms with Crippen molar-refractivity contribution < 1.29 is 0 Å². The number of imidazole rings is 2. The van der Waals surface area contributed by atoms with Crippen LogP contribution in [0.5, 0.6) is 0 Å². The highest BCUT2D eigenvalue weighted by molar-refractivity contribution is 5.59. The van der Waals surface area contributed by atoms with Gasteiger partial charge >= 0.3 is 0 Å². The van der Waals surface area contributed by atoms with E-state index in [1.165, 1.54) is 0 Å². The van der Waals surface area contributed by atoms with Crippen molar-refractivity contribution in [1.82, 2.24) is 33.3 Å². The van der Waals surface area contributed by atoms with Gasteiger partial charge in [-0.1, -0.05) is 18.2 Å². The highest BCUT2D eigenvalue weighted by Gasteiger charge is 2.21. The lowest BCUT2D eigenvalue weighted by atomic mass is 10.2. The van der Waals surface area contributed by atoms with Gasteiger partial charge in [-0.05, 0) is 19.1 Å². The second-order valence-corrected chi connectivity index (χ2v) is 6.87. The highest BCUT2D eigenvalue weighted by atomic mass is 16.1. The monoisotopic (exact) mass is 385 g/mol. The van der Waals surface area contributed by atoms with Crippen LogP contribution < -0.4 is 5.56 Å². The number of fused-ring (bicyclic) bond motifs is 1. The van der Waals surface area contributed by atoms with Gasteiger partial charge in [-0.2, -0.15) is 0 Å². The zero-order chi connectivity index (χ0) is 20.0. The van der Waals surface area contributed by atoms with E-state index in [0.29, 0.717) is 17.9 Å². The lowest BCUT2D eigenvalue weighted by Gasteiger charge is -2.08. The summed E-state index contributed by atoms with van der Waals surface area (Å²) in [7, 11) is 1.89. The minimum absolute atomic E-state index is 0.0917. The molecule has 0 aliphatic rings. The Morgan fingerprint density at radius 1 is 1.00 bits per heavy atom.